The lowest BCUT2D eigenvalue weighted by Gasteiger charge is -2.37. The molecule has 2 saturated carbocycles. The Labute approximate surface area is 320 Å². The number of nitrogens with one attached hydrogen (secondary N) is 3. The SMILES string of the molecule is COCC1(S(=O)(=O)NC(=O)[C@@]23C[C@H]2/C=C\CCCCC[C@H](NC(=O)O)C(=O)N2C[C@@]4(CCc5c(c(C(F)(F)F)nc6ccc(OC)cc56)O4)C[C@H]2C(=O)N3)CC1. The molecule has 0 radical (unpaired) electrons. The molecule has 19 heteroatoms. The molecule has 0 unspecified atom stereocenters. The molecule has 4 amide bonds. The van der Waals surface area contributed by atoms with Crippen LogP contribution in [-0.2, 0) is 41.7 Å². The first-order valence-corrected chi connectivity index (χ1v) is 20.1. The number of sulfonamides is 1. The minimum absolute atomic E-state index is 0.0398. The van der Waals surface area contributed by atoms with Crippen molar-refractivity contribution in [2.75, 3.05) is 27.4 Å². The van der Waals surface area contributed by atoms with Crippen LogP contribution in [0.25, 0.3) is 10.9 Å². The zero-order valence-electron chi connectivity index (χ0n) is 30.9. The van der Waals surface area contributed by atoms with E-state index in [4.69, 9.17) is 14.2 Å². The second-order valence-corrected chi connectivity index (χ2v) is 17.6. The summed E-state index contributed by atoms with van der Waals surface area (Å²) in [6.45, 7) is -0.520. The second kappa shape index (κ2) is 14.4. The number of amides is 4. The van der Waals surface area contributed by atoms with E-state index >= 15 is 0 Å². The summed E-state index contributed by atoms with van der Waals surface area (Å²) in [7, 11) is -1.47. The third-order valence-corrected chi connectivity index (χ3v) is 13.9. The van der Waals surface area contributed by atoms with Crippen molar-refractivity contribution in [2.24, 2.45) is 5.92 Å². The van der Waals surface area contributed by atoms with Gasteiger partial charge >= 0.3 is 12.3 Å². The van der Waals surface area contributed by atoms with Crippen LogP contribution in [0.5, 0.6) is 11.5 Å². The van der Waals surface area contributed by atoms with Crippen LogP contribution in [0, 0.1) is 5.92 Å². The first kappa shape index (κ1) is 39.6. The number of carboxylic acid groups (broad SMARTS) is 1. The number of hydrogen-bond donors (Lipinski definition) is 4. The quantitative estimate of drug-likeness (QED) is 0.298. The van der Waals surface area contributed by atoms with E-state index < -0.39 is 85.3 Å². The summed E-state index contributed by atoms with van der Waals surface area (Å²) in [5.41, 5.74) is -4.26. The van der Waals surface area contributed by atoms with Crippen molar-refractivity contribution in [1.29, 1.82) is 0 Å². The number of nitrogens with zero attached hydrogens (tertiary/aromatic N) is 2. The Kier molecular flexibility index (Phi) is 10.2. The average molecular weight is 808 g/mol. The van der Waals surface area contributed by atoms with Gasteiger partial charge in [0.05, 0.1) is 25.8 Å². The molecule has 3 aliphatic heterocycles. The number of fused-ring (bicyclic) bond motifs is 5. The first-order valence-electron chi connectivity index (χ1n) is 18.6. The van der Waals surface area contributed by atoms with Crippen LogP contribution in [-0.4, -0.2) is 103 Å². The highest BCUT2D eigenvalue weighted by molar-refractivity contribution is 7.91. The molecule has 4 N–H and O–H groups in total. The number of aromatic nitrogens is 1. The molecule has 0 bridgehead atoms. The van der Waals surface area contributed by atoms with Gasteiger partial charge in [-0.15, -0.1) is 0 Å². The predicted octanol–water partition coefficient (Wildman–Crippen LogP) is 3.58. The lowest BCUT2D eigenvalue weighted by molar-refractivity contribution is -0.144. The van der Waals surface area contributed by atoms with E-state index in [2.05, 4.69) is 20.3 Å². The maximum atomic E-state index is 14.6. The van der Waals surface area contributed by atoms with Gasteiger partial charge in [0.1, 0.15) is 33.7 Å². The van der Waals surface area contributed by atoms with Gasteiger partial charge in [-0.05, 0) is 69.6 Å². The Hall–Kier alpha value is -4.65. The number of carbonyl (C=O) groups is 4. The molecule has 4 heterocycles. The molecule has 304 valence electrons. The van der Waals surface area contributed by atoms with Gasteiger partial charge in [0, 0.05) is 30.4 Å². The van der Waals surface area contributed by atoms with Gasteiger partial charge in [-0.1, -0.05) is 25.0 Å². The third kappa shape index (κ3) is 7.23. The molecule has 2 aromatic rings. The number of benzene rings is 1. The summed E-state index contributed by atoms with van der Waals surface area (Å²) in [6.07, 6.45) is -0.0806. The van der Waals surface area contributed by atoms with Crippen LogP contribution >= 0.6 is 0 Å². The summed E-state index contributed by atoms with van der Waals surface area (Å²) in [4.78, 5) is 59.7. The van der Waals surface area contributed by atoms with Crippen LogP contribution < -0.4 is 24.8 Å². The number of carbonyl (C=O) groups excluding carboxylic acids is 3. The number of halogens is 3. The van der Waals surface area contributed by atoms with Crippen LogP contribution in [0.2, 0.25) is 0 Å². The van der Waals surface area contributed by atoms with Crippen molar-refractivity contribution in [3.63, 3.8) is 0 Å². The molecule has 5 aliphatic rings. The third-order valence-electron chi connectivity index (χ3n) is 11.8. The number of alkyl halides is 3. The van der Waals surface area contributed by atoms with E-state index in [1.807, 2.05) is 6.08 Å². The van der Waals surface area contributed by atoms with Crippen LogP contribution in [0.15, 0.2) is 30.4 Å². The average Bonchev–Trinajstić information content (AvgIpc) is 4.04. The minimum atomic E-state index is -4.94. The molecule has 1 aromatic heterocycles. The molecular weight excluding hydrogens is 763 g/mol. The monoisotopic (exact) mass is 807 g/mol. The number of pyridine rings is 1. The summed E-state index contributed by atoms with van der Waals surface area (Å²) in [5.74, 6) is -3.38. The lowest BCUT2D eigenvalue weighted by Crippen LogP contribution is -2.59. The van der Waals surface area contributed by atoms with Crippen molar-refractivity contribution >= 4 is 44.7 Å². The molecule has 1 saturated heterocycles. The Morgan fingerprint density at radius 3 is 2.57 bits per heavy atom. The summed E-state index contributed by atoms with van der Waals surface area (Å²) in [6, 6.07) is 1.73. The minimum Gasteiger partial charge on any atom is -0.497 e. The predicted molar refractivity (Wildman–Crippen MR) is 192 cm³/mol. The first-order chi connectivity index (χ1) is 26.5. The Bertz CT molecular complexity index is 2090. The van der Waals surface area contributed by atoms with E-state index in [0.29, 0.717) is 36.8 Å². The smallest absolute Gasteiger partial charge is 0.437 e. The molecule has 56 heavy (non-hydrogen) atoms. The summed E-state index contributed by atoms with van der Waals surface area (Å²) >= 11 is 0. The van der Waals surface area contributed by atoms with Gasteiger partial charge in [0.15, 0.2) is 11.4 Å². The Balaban J connectivity index is 1.26. The largest absolute Gasteiger partial charge is 0.497 e. The van der Waals surface area contributed by atoms with Gasteiger partial charge in [0.2, 0.25) is 21.8 Å². The number of hydrogen-bond acceptors (Lipinski definition) is 10. The maximum absolute atomic E-state index is 14.6. The lowest BCUT2D eigenvalue weighted by atomic mass is 9.87. The number of allylic oxidation sites excluding steroid dienone is 1. The van der Waals surface area contributed by atoms with Crippen LogP contribution in [0.1, 0.15) is 75.5 Å². The molecule has 15 nitrogen and oxygen atoms in total. The number of methoxy groups -OCH3 is 2. The van der Waals surface area contributed by atoms with Crippen LogP contribution in [0.4, 0.5) is 18.0 Å². The van der Waals surface area contributed by atoms with Crippen molar-refractivity contribution in [3.05, 3.63) is 41.6 Å². The highest BCUT2D eigenvalue weighted by atomic mass is 32.2. The van der Waals surface area contributed by atoms with Gasteiger partial charge in [-0.3, -0.25) is 19.1 Å². The highest BCUT2D eigenvalue weighted by Gasteiger charge is 2.64. The van der Waals surface area contributed by atoms with Gasteiger partial charge in [-0.2, -0.15) is 13.2 Å². The second-order valence-electron chi connectivity index (χ2n) is 15.5. The standard InChI is InChI=1S/C37H44F3N5O10S/c1-53-20-35(14-15-35)56(51,52)44-32(48)36-17-21(36)8-6-4-3-5-7-9-26(42-33(49)50)31(47)45-19-34(18-27(45)30(46)43-36)13-12-23-24-16-22(54-2)10-11-25(24)41-29(28(23)55-34)37(38,39)40/h6,8,10-11,16,21,26-27,42H,3-5,7,9,12-15,17-20H2,1-2H3,(H,43,46)(H,44,48)(H,49,50)/b8-6-/t21-,26+,27+,34-,36-/m1/s1. The van der Waals surface area contributed by atoms with Gasteiger partial charge in [0.25, 0.3) is 5.91 Å². The zero-order valence-corrected chi connectivity index (χ0v) is 31.7. The molecule has 1 aromatic carbocycles. The number of aryl methyl sites for hydroxylation is 1. The van der Waals surface area contributed by atoms with Gasteiger partial charge in [-0.25, -0.2) is 18.2 Å². The van der Waals surface area contributed by atoms with E-state index in [-0.39, 0.29) is 69.2 Å². The molecule has 3 fully saturated rings. The Morgan fingerprint density at radius 1 is 1.12 bits per heavy atom. The summed E-state index contributed by atoms with van der Waals surface area (Å²) < 4.78 is 88.3. The van der Waals surface area contributed by atoms with Crippen molar-refractivity contribution in [3.8, 4) is 11.5 Å². The van der Waals surface area contributed by atoms with E-state index in [1.54, 1.807) is 12.1 Å². The maximum Gasteiger partial charge on any atom is 0.437 e. The van der Waals surface area contributed by atoms with Crippen molar-refractivity contribution in [2.45, 2.75) is 105 Å². The van der Waals surface area contributed by atoms with E-state index in [9.17, 15) is 45.9 Å². The zero-order chi connectivity index (χ0) is 40.3. The van der Waals surface area contributed by atoms with E-state index in [1.165, 1.54) is 26.4 Å². The molecular formula is C37H44F3N5O10S. The normalized spacial score (nSPS) is 29.4. The van der Waals surface area contributed by atoms with Crippen LogP contribution in [0.3, 0.4) is 0 Å². The highest BCUT2D eigenvalue weighted by Crippen LogP contribution is 2.50. The molecule has 7 rings (SSSR count). The number of rotatable bonds is 7. The van der Waals surface area contributed by atoms with Crippen molar-refractivity contribution < 1.29 is 60.1 Å². The Morgan fingerprint density at radius 2 is 1.89 bits per heavy atom. The molecule has 2 aliphatic carbocycles. The van der Waals surface area contributed by atoms with Gasteiger partial charge < -0.3 is 34.9 Å². The molecule has 5 atom stereocenters. The fourth-order valence-electron chi connectivity index (χ4n) is 8.41. The fourth-order valence-corrected chi connectivity index (χ4v) is 9.97. The fraction of sp³-hybridized carbons (Fsp3) is 0.595. The number of ether oxygens (including phenoxy) is 3. The van der Waals surface area contributed by atoms with Crippen molar-refractivity contribution in [1.82, 2.24) is 25.2 Å². The summed E-state index contributed by atoms with van der Waals surface area (Å²) in [5, 5.41) is 15.0. The van der Waals surface area contributed by atoms with E-state index in [0.717, 1.165) is 4.90 Å². The topological polar surface area (TPSA) is 203 Å². The molecule has 1 spiro atoms.